The summed E-state index contributed by atoms with van der Waals surface area (Å²) in [4.78, 5) is 23.5. The SMILES string of the molecule is O=C(O)CCSCC(=O)NC(c1ccc(F)cc1)c1cccs1. The number of thiophene rings is 1. The van der Waals surface area contributed by atoms with E-state index < -0.39 is 5.97 Å². The fraction of sp³-hybridized carbons (Fsp3) is 0.250. The quantitative estimate of drug-likeness (QED) is 0.715. The molecule has 0 aliphatic heterocycles. The maximum atomic E-state index is 13.1. The van der Waals surface area contributed by atoms with E-state index in [2.05, 4.69) is 5.32 Å². The van der Waals surface area contributed by atoms with Gasteiger partial charge < -0.3 is 10.4 Å². The van der Waals surface area contributed by atoms with Gasteiger partial charge in [-0.2, -0.15) is 11.8 Å². The van der Waals surface area contributed by atoms with Crippen molar-refractivity contribution in [2.24, 2.45) is 0 Å². The second-order valence-electron chi connectivity index (χ2n) is 4.76. The second kappa shape index (κ2) is 8.69. The number of hydrogen-bond donors (Lipinski definition) is 2. The Bertz CT molecular complexity index is 644. The minimum absolute atomic E-state index is 0.0320. The van der Waals surface area contributed by atoms with Crippen molar-refractivity contribution in [3.63, 3.8) is 0 Å². The van der Waals surface area contributed by atoms with E-state index in [1.54, 1.807) is 12.1 Å². The number of rotatable bonds is 8. The van der Waals surface area contributed by atoms with Crippen molar-refractivity contribution >= 4 is 35.0 Å². The maximum Gasteiger partial charge on any atom is 0.304 e. The van der Waals surface area contributed by atoms with Gasteiger partial charge in [0.15, 0.2) is 0 Å². The number of aliphatic carboxylic acids is 1. The summed E-state index contributed by atoms with van der Waals surface area (Å²) in [7, 11) is 0. The number of carboxylic acid groups (broad SMARTS) is 1. The lowest BCUT2D eigenvalue weighted by molar-refractivity contribution is -0.136. The molecule has 0 aliphatic rings. The number of carbonyl (C=O) groups is 2. The van der Waals surface area contributed by atoms with E-state index >= 15 is 0 Å². The molecule has 0 radical (unpaired) electrons. The number of hydrogen-bond acceptors (Lipinski definition) is 4. The first kappa shape index (κ1) is 17.5. The van der Waals surface area contributed by atoms with Crippen molar-refractivity contribution < 1.29 is 19.1 Å². The third-order valence-electron chi connectivity index (χ3n) is 3.03. The molecule has 0 bridgehead atoms. The van der Waals surface area contributed by atoms with Gasteiger partial charge in [0.25, 0.3) is 0 Å². The highest BCUT2D eigenvalue weighted by molar-refractivity contribution is 7.99. The van der Waals surface area contributed by atoms with E-state index in [9.17, 15) is 14.0 Å². The van der Waals surface area contributed by atoms with E-state index in [-0.39, 0.29) is 29.9 Å². The van der Waals surface area contributed by atoms with Crippen LogP contribution in [0.15, 0.2) is 41.8 Å². The van der Waals surface area contributed by atoms with E-state index in [4.69, 9.17) is 5.11 Å². The topological polar surface area (TPSA) is 66.4 Å². The molecule has 122 valence electrons. The molecule has 0 fully saturated rings. The van der Waals surface area contributed by atoms with Gasteiger partial charge in [-0.25, -0.2) is 4.39 Å². The van der Waals surface area contributed by atoms with Crippen molar-refractivity contribution in [1.29, 1.82) is 0 Å². The average Bonchev–Trinajstić information content (AvgIpc) is 3.04. The lowest BCUT2D eigenvalue weighted by Gasteiger charge is -2.18. The van der Waals surface area contributed by atoms with Crippen molar-refractivity contribution in [2.75, 3.05) is 11.5 Å². The Morgan fingerprint density at radius 2 is 2.00 bits per heavy atom. The smallest absolute Gasteiger partial charge is 0.304 e. The van der Waals surface area contributed by atoms with Gasteiger partial charge in [0, 0.05) is 10.6 Å². The van der Waals surface area contributed by atoms with Crippen LogP contribution in [0.5, 0.6) is 0 Å². The van der Waals surface area contributed by atoms with Crippen LogP contribution in [0.3, 0.4) is 0 Å². The van der Waals surface area contributed by atoms with Gasteiger partial charge in [0.05, 0.1) is 18.2 Å². The van der Waals surface area contributed by atoms with Gasteiger partial charge in [-0.15, -0.1) is 11.3 Å². The van der Waals surface area contributed by atoms with E-state index in [1.807, 2.05) is 17.5 Å². The first-order chi connectivity index (χ1) is 11.1. The zero-order valence-electron chi connectivity index (χ0n) is 12.2. The zero-order chi connectivity index (χ0) is 16.7. The van der Waals surface area contributed by atoms with Crippen molar-refractivity contribution in [3.05, 3.63) is 58.0 Å². The van der Waals surface area contributed by atoms with Crippen molar-refractivity contribution in [1.82, 2.24) is 5.32 Å². The second-order valence-corrected chi connectivity index (χ2v) is 6.85. The van der Waals surface area contributed by atoms with Crippen LogP contribution in [-0.2, 0) is 9.59 Å². The molecule has 1 aromatic carbocycles. The number of carboxylic acids is 1. The van der Waals surface area contributed by atoms with Crippen LogP contribution in [0.4, 0.5) is 4.39 Å². The number of carbonyl (C=O) groups excluding carboxylic acids is 1. The summed E-state index contributed by atoms with van der Waals surface area (Å²) in [5.41, 5.74) is 0.803. The zero-order valence-corrected chi connectivity index (χ0v) is 13.8. The van der Waals surface area contributed by atoms with Gasteiger partial charge in [-0.05, 0) is 29.1 Å². The highest BCUT2D eigenvalue weighted by Gasteiger charge is 2.18. The molecule has 23 heavy (non-hydrogen) atoms. The number of amides is 1. The Morgan fingerprint density at radius 3 is 2.61 bits per heavy atom. The Morgan fingerprint density at radius 1 is 1.26 bits per heavy atom. The largest absolute Gasteiger partial charge is 0.481 e. The van der Waals surface area contributed by atoms with E-state index in [1.165, 1.54) is 35.2 Å². The summed E-state index contributed by atoms with van der Waals surface area (Å²) < 4.78 is 13.1. The molecular weight excluding hydrogens is 337 g/mol. The summed E-state index contributed by atoms with van der Waals surface area (Å²) in [5.74, 6) is -0.794. The lowest BCUT2D eigenvalue weighted by Crippen LogP contribution is -2.30. The number of nitrogens with one attached hydrogen (secondary N) is 1. The Balaban J connectivity index is 2.00. The molecule has 1 heterocycles. The highest BCUT2D eigenvalue weighted by Crippen LogP contribution is 2.26. The van der Waals surface area contributed by atoms with Gasteiger partial charge in [-0.1, -0.05) is 18.2 Å². The van der Waals surface area contributed by atoms with Crippen molar-refractivity contribution in [3.8, 4) is 0 Å². The Hall–Kier alpha value is -1.86. The first-order valence-corrected chi connectivity index (χ1v) is 8.97. The molecule has 1 aromatic heterocycles. The molecule has 0 saturated carbocycles. The van der Waals surface area contributed by atoms with E-state index in [0.29, 0.717) is 5.75 Å². The number of halogens is 1. The summed E-state index contributed by atoms with van der Waals surface area (Å²) >= 11 is 2.79. The normalized spacial score (nSPS) is 11.9. The molecule has 0 aliphatic carbocycles. The minimum Gasteiger partial charge on any atom is -0.481 e. The van der Waals surface area contributed by atoms with Gasteiger partial charge in [0.2, 0.25) is 5.91 Å². The van der Waals surface area contributed by atoms with Gasteiger partial charge >= 0.3 is 5.97 Å². The molecule has 0 spiro atoms. The van der Waals surface area contributed by atoms with Gasteiger partial charge in [0.1, 0.15) is 5.82 Å². The van der Waals surface area contributed by atoms with Crippen LogP contribution in [0.1, 0.15) is 22.9 Å². The Kier molecular flexibility index (Phi) is 6.61. The fourth-order valence-corrected chi connectivity index (χ4v) is 3.49. The molecule has 1 unspecified atom stereocenters. The monoisotopic (exact) mass is 353 g/mol. The van der Waals surface area contributed by atoms with E-state index in [0.717, 1.165) is 10.4 Å². The van der Waals surface area contributed by atoms with Crippen LogP contribution >= 0.6 is 23.1 Å². The molecule has 1 amide bonds. The highest BCUT2D eigenvalue weighted by atomic mass is 32.2. The Labute approximate surface area is 141 Å². The fourth-order valence-electron chi connectivity index (χ4n) is 1.96. The summed E-state index contributed by atoms with van der Waals surface area (Å²) in [6.07, 6.45) is 0.0320. The first-order valence-electron chi connectivity index (χ1n) is 6.94. The summed E-state index contributed by atoms with van der Waals surface area (Å²) in [6, 6.07) is 9.51. The third kappa shape index (κ3) is 5.69. The number of benzene rings is 1. The average molecular weight is 353 g/mol. The third-order valence-corrected chi connectivity index (χ3v) is 4.93. The van der Waals surface area contributed by atoms with Crippen LogP contribution in [0.2, 0.25) is 0 Å². The van der Waals surface area contributed by atoms with Crippen molar-refractivity contribution in [2.45, 2.75) is 12.5 Å². The molecule has 1 atom stereocenters. The van der Waals surface area contributed by atoms with Crippen LogP contribution in [-0.4, -0.2) is 28.5 Å². The number of thioether (sulfide) groups is 1. The molecule has 7 heteroatoms. The predicted octanol–water partition coefficient (Wildman–Crippen LogP) is 3.30. The minimum atomic E-state index is -0.874. The molecule has 2 rings (SSSR count). The van der Waals surface area contributed by atoms with Crippen LogP contribution in [0, 0.1) is 5.82 Å². The van der Waals surface area contributed by atoms with Crippen LogP contribution < -0.4 is 5.32 Å². The summed E-state index contributed by atoms with van der Waals surface area (Å²) in [6.45, 7) is 0. The molecule has 2 aromatic rings. The van der Waals surface area contributed by atoms with Gasteiger partial charge in [-0.3, -0.25) is 9.59 Å². The molecular formula is C16H16FNO3S2. The van der Waals surface area contributed by atoms with Crippen LogP contribution in [0.25, 0.3) is 0 Å². The predicted molar refractivity (Wildman–Crippen MR) is 90.3 cm³/mol. The molecule has 4 nitrogen and oxygen atoms in total. The standard InChI is InChI=1S/C16H16FNO3S2/c17-12-5-3-11(4-6-12)16(13-2-1-8-23-13)18-14(19)10-22-9-7-15(20)21/h1-6,8,16H,7,9-10H2,(H,18,19)(H,20,21). The maximum absolute atomic E-state index is 13.1. The lowest BCUT2D eigenvalue weighted by atomic mass is 10.1. The molecule has 0 saturated heterocycles. The summed E-state index contributed by atoms with van der Waals surface area (Å²) in [5, 5.41) is 13.4. The molecule has 2 N–H and O–H groups in total.